The van der Waals surface area contributed by atoms with Crippen molar-refractivity contribution in [1.82, 2.24) is 9.88 Å². The molecule has 7 nitrogen and oxygen atoms in total. The van der Waals surface area contributed by atoms with Gasteiger partial charge in [0.25, 0.3) is 10.0 Å². The summed E-state index contributed by atoms with van der Waals surface area (Å²) in [5.74, 6) is 0. The highest BCUT2D eigenvalue weighted by Gasteiger charge is 2.28. The van der Waals surface area contributed by atoms with Gasteiger partial charge < -0.3 is 10.1 Å². The number of likely N-dealkylation sites (tertiary alicyclic amines) is 1. The standard InChI is InChI=1S/C23H26N4O3S3/c1-15-4-2-6-19(10-15)33(29,30)27(31)21-7-3-5-16-11-20(25-22(16)21)23-24-12-18(32-23)8-9-26-13-17(28)14-26/h2-7,10-11,17-18,25,28,31H,8-9,12-14H2,1H3. The molecular formula is C23H26N4O3S3. The lowest BCUT2D eigenvalue weighted by Crippen LogP contribution is -2.51. The lowest BCUT2D eigenvalue weighted by atomic mass is 10.1. The normalized spacial score (nSPS) is 19.6. The molecular weight excluding hydrogens is 476 g/mol. The van der Waals surface area contributed by atoms with Crippen LogP contribution in [-0.2, 0) is 10.0 Å². The van der Waals surface area contributed by atoms with Gasteiger partial charge in [-0.2, -0.15) is 0 Å². The fraction of sp³-hybridized carbons (Fsp3) is 0.348. The first-order valence-corrected chi connectivity index (χ1v) is 13.6. The highest BCUT2D eigenvalue weighted by atomic mass is 32.3. The van der Waals surface area contributed by atoms with Crippen molar-refractivity contribution in [2.45, 2.75) is 29.6 Å². The van der Waals surface area contributed by atoms with Crippen LogP contribution in [0.25, 0.3) is 10.9 Å². The summed E-state index contributed by atoms with van der Waals surface area (Å²) in [6, 6.07) is 14.4. The maximum atomic E-state index is 13.2. The summed E-state index contributed by atoms with van der Waals surface area (Å²) < 4.78 is 27.4. The molecule has 1 unspecified atom stereocenters. The van der Waals surface area contributed by atoms with Gasteiger partial charge in [-0.3, -0.25) is 9.89 Å². The van der Waals surface area contributed by atoms with Crippen LogP contribution < -0.4 is 3.71 Å². The largest absolute Gasteiger partial charge is 0.390 e. The summed E-state index contributed by atoms with van der Waals surface area (Å²) in [5, 5.41) is 11.7. The average Bonchev–Trinajstić information content (AvgIpc) is 3.42. The number of fused-ring (bicyclic) bond motifs is 1. The van der Waals surface area contributed by atoms with Gasteiger partial charge in [0.05, 0.1) is 34.4 Å². The minimum atomic E-state index is -3.82. The SMILES string of the molecule is Cc1cccc(S(=O)(=O)N(S)c2cccc3cc(C4=NCC(CCN5CC(O)C5)S4)[nH]c23)c1. The molecule has 1 saturated heterocycles. The van der Waals surface area contributed by atoms with Gasteiger partial charge in [-0.25, -0.2) is 12.1 Å². The Labute approximate surface area is 203 Å². The molecule has 0 aliphatic carbocycles. The van der Waals surface area contributed by atoms with E-state index < -0.39 is 10.0 Å². The quantitative estimate of drug-likeness (QED) is 0.431. The molecule has 2 N–H and O–H groups in total. The van der Waals surface area contributed by atoms with Gasteiger partial charge in [0.15, 0.2) is 0 Å². The van der Waals surface area contributed by atoms with E-state index in [2.05, 4.69) is 22.7 Å². The fourth-order valence-electron chi connectivity index (χ4n) is 4.19. The van der Waals surface area contributed by atoms with E-state index in [1.54, 1.807) is 36.0 Å². The smallest absolute Gasteiger partial charge is 0.273 e. The first kappa shape index (κ1) is 22.8. The number of H-pyrrole nitrogens is 1. The zero-order chi connectivity index (χ0) is 23.2. The van der Waals surface area contributed by atoms with E-state index in [1.165, 1.54) is 0 Å². The van der Waals surface area contributed by atoms with Crippen molar-refractivity contribution in [3.63, 3.8) is 0 Å². The maximum Gasteiger partial charge on any atom is 0.273 e. The van der Waals surface area contributed by atoms with E-state index in [0.717, 1.165) is 58.0 Å². The van der Waals surface area contributed by atoms with Crippen molar-refractivity contribution in [3.05, 3.63) is 59.8 Å². The van der Waals surface area contributed by atoms with Gasteiger partial charge in [0.1, 0.15) is 5.04 Å². The number of nitrogens with one attached hydrogen (secondary N) is 1. The van der Waals surface area contributed by atoms with E-state index in [9.17, 15) is 13.5 Å². The predicted octanol–water partition coefficient (Wildman–Crippen LogP) is 3.45. The van der Waals surface area contributed by atoms with Crippen LogP contribution >= 0.6 is 24.6 Å². The van der Waals surface area contributed by atoms with Crippen LogP contribution in [0.2, 0.25) is 0 Å². The van der Waals surface area contributed by atoms with E-state index in [-0.39, 0.29) is 11.0 Å². The number of anilines is 1. The molecule has 5 rings (SSSR count). The minimum absolute atomic E-state index is 0.172. The number of aromatic nitrogens is 1. The Kier molecular flexibility index (Phi) is 6.21. The zero-order valence-corrected chi connectivity index (χ0v) is 20.7. The van der Waals surface area contributed by atoms with Crippen LogP contribution in [0.5, 0.6) is 0 Å². The second-order valence-electron chi connectivity index (χ2n) is 8.58. The summed E-state index contributed by atoms with van der Waals surface area (Å²) in [7, 11) is -3.82. The average molecular weight is 503 g/mol. The number of hydrogen-bond donors (Lipinski definition) is 3. The van der Waals surface area contributed by atoms with E-state index in [4.69, 9.17) is 4.99 Å². The molecule has 2 aromatic carbocycles. The number of sulfonamides is 1. The Bertz CT molecular complexity index is 1320. The summed E-state index contributed by atoms with van der Waals surface area (Å²) in [5.41, 5.74) is 2.94. The van der Waals surface area contributed by atoms with Crippen molar-refractivity contribution in [3.8, 4) is 0 Å². The number of benzene rings is 2. The summed E-state index contributed by atoms with van der Waals surface area (Å²) in [4.78, 5) is 10.6. The van der Waals surface area contributed by atoms with Crippen molar-refractivity contribution in [2.75, 3.05) is 29.9 Å². The number of thiol groups is 1. The third-order valence-electron chi connectivity index (χ3n) is 6.01. The molecule has 2 aliphatic rings. The molecule has 10 heteroatoms. The monoisotopic (exact) mass is 502 g/mol. The maximum absolute atomic E-state index is 13.2. The number of para-hydroxylation sites is 1. The van der Waals surface area contributed by atoms with Crippen LogP contribution in [0.15, 0.2) is 58.4 Å². The Morgan fingerprint density at radius 1 is 1.24 bits per heavy atom. The third kappa shape index (κ3) is 4.54. The minimum Gasteiger partial charge on any atom is -0.390 e. The van der Waals surface area contributed by atoms with Gasteiger partial charge in [0, 0.05) is 23.7 Å². The number of aliphatic hydroxyl groups is 1. The number of nitrogens with zero attached hydrogens (tertiary/aromatic N) is 3. The number of aliphatic hydroxyl groups excluding tert-OH is 1. The van der Waals surface area contributed by atoms with Crippen molar-refractivity contribution < 1.29 is 13.5 Å². The Morgan fingerprint density at radius 3 is 2.79 bits per heavy atom. The molecule has 174 valence electrons. The molecule has 1 atom stereocenters. The number of hydrogen-bond acceptors (Lipinski definition) is 7. The first-order chi connectivity index (χ1) is 15.8. The molecule has 2 aliphatic heterocycles. The van der Waals surface area contributed by atoms with E-state index in [1.807, 2.05) is 31.2 Å². The Balaban J connectivity index is 1.35. The number of aliphatic imine (C=N–C) groups is 1. The van der Waals surface area contributed by atoms with Gasteiger partial charge in [-0.15, -0.1) is 0 Å². The second-order valence-corrected chi connectivity index (χ2v) is 12.3. The molecule has 0 spiro atoms. The van der Waals surface area contributed by atoms with Crippen LogP contribution in [0.1, 0.15) is 17.7 Å². The van der Waals surface area contributed by atoms with Gasteiger partial charge >= 0.3 is 0 Å². The number of aryl methyl sites for hydroxylation is 1. The van der Waals surface area contributed by atoms with E-state index >= 15 is 0 Å². The number of rotatable bonds is 7. The van der Waals surface area contributed by atoms with Crippen LogP contribution in [0, 0.1) is 6.92 Å². The lowest BCUT2D eigenvalue weighted by molar-refractivity contribution is 0.00189. The first-order valence-electron chi connectivity index (χ1n) is 10.9. The molecule has 3 aromatic rings. The number of thioether (sulfide) groups is 1. The topological polar surface area (TPSA) is 89.0 Å². The highest BCUT2D eigenvalue weighted by Crippen LogP contribution is 2.35. The summed E-state index contributed by atoms with van der Waals surface area (Å²) >= 11 is 6.14. The summed E-state index contributed by atoms with van der Waals surface area (Å²) in [6.07, 6.45) is 0.851. The van der Waals surface area contributed by atoms with E-state index in [0.29, 0.717) is 16.5 Å². The van der Waals surface area contributed by atoms with Crippen molar-refractivity contribution in [2.24, 2.45) is 4.99 Å². The van der Waals surface area contributed by atoms with Gasteiger partial charge in [-0.1, -0.05) is 36.0 Å². The lowest BCUT2D eigenvalue weighted by Gasteiger charge is -2.36. The van der Waals surface area contributed by atoms with Crippen LogP contribution in [0.4, 0.5) is 5.69 Å². The van der Waals surface area contributed by atoms with Gasteiger partial charge in [-0.05, 0) is 62.5 Å². The van der Waals surface area contributed by atoms with Crippen LogP contribution in [-0.4, -0.2) is 66.0 Å². The van der Waals surface area contributed by atoms with Crippen molar-refractivity contribution >= 4 is 56.2 Å². The Morgan fingerprint density at radius 2 is 2.03 bits per heavy atom. The third-order valence-corrected chi connectivity index (χ3v) is 9.66. The molecule has 1 fully saturated rings. The predicted molar refractivity (Wildman–Crippen MR) is 138 cm³/mol. The highest BCUT2D eigenvalue weighted by molar-refractivity contribution is 8.15. The van der Waals surface area contributed by atoms with Crippen molar-refractivity contribution in [1.29, 1.82) is 0 Å². The molecule has 0 radical (unpaired) electrons. The number of aromatic amines is 1. The molecule has 3 heterocycles. The van der Waals surface area contributed by atoms with Crippen LogP contribution in [0.3, 0.4) is 0 Å². The molecule has 33 heavy (non-hydrogen) atoms. The Hall–Kier alpha value is -1.98. The van der Waals surface area contributed by atoms with Gasteiger partial charge in [0.2, 0.25) is 0 Å². The second kappa shape index (κ2) is 8.99. The molecule has 0 bridgehead atoms. The number of β-amino-alcohol motifs (C(OH)–C–C–N with tert-alkyl or cyclic N) is 1. The molecule has 1 aromatic heterocycles. The molecule has 0 saturated carbocycles. The fourth-order valence-corrected chi connectivity index (χ4v) is 6.91. The zero-order valence-electron chi connectivity index (χ0n) is 18.2. The summed E-state index contributed by atoms with van der Waals surface area (Å²) in [6.45, 7) is 5.13. The molecule has 0 amide bonds.